The molecule has 85 heavy (non-hydrogen) atoms. The van der Waals surface area contributed by atoms with Gasteiger partial charge in [0.25, 0.3) is 10.0 Å². The molecule has 458 valence electrons. The number of guanidine groups is 1. The van der Waals surface area contributed by atoms with Gasteiger partial charge in [-0.2, -0.15) is 0 Å². The third kappa shape index (κ3) is 18.4. The van der Waals surface area contributed by atoms with E-state index >= 15 is 0 Å². The van der Waals surface area contributed by atoms with Gasteiger partial charge in [-0.25, -0.2) is 42.8 Å². The Balaban J connectivity index is 1.21. The van der Waals surface area contributed by atoms with Crippen LogP contribution in [0.2, 0.25) is 0 Å². The van der Waals surface area contributed by atoms with E-state index in [1.165, 1.54) is 0 Å². The van der Waals surface area contributed by atoms with E-state index in [1.807, 2.05) is 62.4 Å². The van der Waals surface area contributed by atoms with Crippen LogP contribution < -0.4 is 47.2 Å². The number of alkyl carbamates (subject to hydrolysis) is 1. The number of urea groups is 1. The van der Waals surface area contributed by atoms with Gasteiger partial charge >= 0.3 is 24.2 Å². The highest BCUT2D eigenvalue weighted by molar-refractivity contribution is 7.90. The number of hydrogen-bond acceptors (Lipinski definition) is 14. The predicted octanol–water partition coefficient (Wildman–Crippen LogP) is 5.58. The van der Waals surface area contributed by atoms with Gasteiger partial charge in [-0.3, -0.25) is 24.2 Å². The number of carbonyl (C=O) groups is 8. The van der Waals surface area contributed by atoms with Crippen LogP contribution in [0.4, 0.5) is 14.4 Å². The molecule has 6 rings (SSSR count). The van der Waals surface area contributed by atoms with Crippen molar-refractivity contribution in [2.24, 2.45) is 10.7 Å². The molecule has 7 amide bonds. The number of benzene rings is 4. The third-order valence-electron chi connectivity index (χ3n) is 14.1. The van der Waals surface area contributed by atoms with Crippen LogP contribution in [0.15, 0.2) is 88.8 Å². The van der Waals surface area contributed by atoms with Crippen LogP contribution in [0.25, 0.3) is 11.1 Å². The minimum atomic E-state index is -4.29. The van der Waals surface area contributed by atoms with Crippen molar-refractivity contribution in [3.8, 4) is 16.9 Å². The number of carbonyl (C=O) groups excluding carboxylic acids is 7. The monoisotopic (exact) mass is 1190 g/mol. The van der Waals surface area contributed by atoms with Crippen molar-refractivity contribution in [2.45, 2.75) is 154 Å². The van der Waals surface area contributed by atoms with Crippen LogP contribution in [-0.4, -0.2) is 128 Å². The number of amides is 7. The average Bonchev–Trinajstić information content (AvgIpc) is 1.86. The molecule has 0 saturated heterocycles. The number of Topliss-reactive ketones (excluding diaryl/α,β-unsaturated/α-hetero) is 1. The Morgan fingerprint density at radius 3 is 2.01 bits per heavy atom. The molecule has 2 aliphatic rings. The van der Waals surface area contributed by atoms with Gasteiger partial charge in [-0.1, -0.05) is 78.9 Å². The SMILES string of the molecule is CC(=O)C[C@H](NC(=O)CNC(=O)[C@H](CCCN=C(N)NS(=O)(=O)c1c(C)c(C)c2c(c1C)CC(C)(C)O2)NC(=O)[C@H](CCCCNC(=O)OC(C)(C)C)NC(=O)N(Cc1ccccc1)NC(=O)OCC1c2ccccc2-c2ccccc21)C(=O)O. The summed E-state index contributed by atoms with van der Waals surface area (Å²) in [4.78, 5) is 110. The van der Waals surface area contributed by atoms with Crippen molar-refractivity contribution in [2.75, 3.05) is 26.2 Å². The van der Waals surface area contributed by atoms with Crippen molar-refractivity contribution in [3.63, 3.8) is 0 Å². The van der Waals surface area contributed by atoms with Gasteiger partial charge in [0.1, 0.15) is 47.5 Å². The van der Waals surface area contributed by atoms with Gasteiger partial charge in [0, 0.05) is 37.4 Å². The Bertz CT molecular complexity index is 3250. The number of aliphatic carboxylic acids is 1. The summed E-state index contributed by atoms with van der Waals surface area (Å²) < 4.78 is 47.5. The lowest BCUT2D eigenvalue weighted by Crippen LogP contribution is -2.58. The second-order valence-electron chi connectivity index (χ2n) is 22.6. The lowest BCUT2D eigenvalue weighted by atomic mass is 9.94. The van der Waals surface area contributed by atoms with Gasteiger partial charge in [0.05, 0.1) is 18.0 Å². The fourth-order valence-electron chi connectivity index (χ4n) is 10.1. The summed E-state index contributed by atoms with van der Waals surface area (Å²) in [5.41, 5.74) is 14.3. The zero-order valence-electron chi connectivity index (χ0n) is 49.4. The number of ketones is 1. The van der Waals surface area contributed by atoms with Crippen molar-refractivity contribution in [1.29, 1.82) is 0 Å². The average molecular weight is 1200 g/mol. The fraction of sp³-hybridized carbons (Fsp3) is 0.450. The zero-order valence-corrected chi connectivity index (χ0v) is 50.3. The van der Waals surface area contributed by atoms with E-state index in [-0.39, 0.29) is 69.2 Å². The van der Waals surface area contributed by atoms with E-state index in [9.17, 15) is 51.9 Å². The number of hydrazine groups is 1. The molecule has 10 N–H and O–H groups in total. The number of rotatable bonds is 25. The quantitative estimate of drug-likeness (QED) is 0.0169. The second kappa shape index (κ2) is 28.7. The van der Waals surface area contributed by atoms with Crippen molar-refractivity contribution >= 4 is 63.7 Å². The standard InChI is InChI=1S/C60H78N10O14S/c1-35(71)30-48(54(75)76)65-49(72)32-64-52(73)46(27-19-29-62-55(61)69-85(80,81)51-37(3)36(2)50-44(38(51)4)31-60(8,9)83-50)66-53(74)47(26-17-18-28-63-57(78)84-59(5,6)7)67-56(77)70(33-39-20-11-10-12-21-39)68-58(79)82-34-45-42-24-15-13-22-40(42)41-23-14-16-25-43(41)45/h10-16,20-25,45-48H,17-19,26-34H2,1-9H3,(H,63,78)(H,64,73)(H,65,72)(H,66,74)(H,67,77)(H,68,79)(H,75,76)(H3,61,62,69)/t46-,47-,48-/m0/s1. The van der Waals surface area contributed by atoms with Crippen LogP contribution in [0.3, 0.4) is 0 Å². The smallest absolute Gasteiger partial charge is 0.426 e. The van der Waals surface area contributed by atoms with E-state index in [0.717, 1.165) is 39.7 Å². The van der Waals surface area contributed by atoms with Gasteiger partial charge in [0.15, 0.2) is 0 Å². The normalized spacial score (nSPS) is 14.3. The summed E-state index contributed by atoms with van der Waals surface area (Å²) in [6, 6.07) is 18.8. The van der Waals surface area contributed by atoms with E-state index in [1.54, 1.807) is 71.9 Å². The molecule has 0 spiro atoms. The predicted molar refractivity (Wildman–Crippen MR) is 316 cm³/mol. The number of hydrogen-bond donors (Lipinski definition) is 9. The van der Waals surface area contributed by atoms with E-state index in [0.29, 0.717) is 34.4 Å². The highest BCUT2D eigenvalue weighted by atomic mass is 32.2. The molecule has 0 unspecified atom stereocenters. The molecule has 1 heterocycles. The summed E-state index contributed by atoms with van der Waals surface area (Å²) in [7, 11) is -4.29. The number of fused-ring (bicyclic) bond motifs is 4. The molecule has 25 heteroatoms. The zero-order chi connectivity index (χ0) is 62.4. The van der Waals surface area contributed by atoms with Crippen molar-refractivity contribution in [1.82, 2.24) is 41.7 Å². The van der Waals surface area contributed by atoms with Crippen LogP contribution >= 0.6 is 0 Å². The fourth-order valence-corrected chi connectivity index (χ4v) is 11.6. The number of nitrogens with zero attached hydrogens (tertiary/aromatic N) is 2. The molecule has 24 nitrogen and oxygen atoms in total. The Hall–Kier alpha value is -8.74. The number of carboxylic acid groups (broad SMARTS) is 1. The van der Waals surface area contributed by atoms with Crippen molar-refractivity contribution < 1.29 is 66.1 Å². The lowest BCUT2D eigenvalue weighted by molar-refractivity contribution is -0.143. The van der Waals surface area contributed by atoms with Crippen LogP contribution in [0.1, 0.15) is 125 Å². The molecule has 0 radical (unpaired) electrons. The summed E-state index contributed by atoms with van der Waals surface area (Å²) >= 11 is 0. The van der Waals surface area contributed by atoms with Gasteiger partial charge < -0.3 is 51.6 Å². The lowest BCUT2D eigenvalue weighted by Gasteiger charge is -2.28. The molecule has 4 aromatic carbocycles. The number of nitrogens with two attached hydrogens (primary N) is 1. The van der Waals surface area contributed by atoms with E-state index < -0.39 is 106 Å². The van der Waals surface area contributed by atoms with Gasteiger partial charge in [-0.15, -0.1) is 0 Å². The number of ether oxygens (including phenoxy) is 3. The number of nitrogens with one attached hydrogen (secondary N) is 7. The molecule has 4 aromatic rings. The minimum absolute atomic E-state index is 0.0276. The maximum absolute atomic E-state index is 14.6. The molecular weight excluding hydrogens is 1120 g/mol. The molecule has 0 bridgehead atoms. The number of aliphatic imine (C=N–C) groups is 1. The topological polar surface area (TPSA) is 344 Å². The number of sulfonamides is 1. The first-order chi connectivity index (χ1) is 40.0. The van der Waals surface area contributed by atoms with E-state index in [4.69, 9.17) is 19.9 Å². The molecule has 0 aromatic heterocycles. The molecule has 0 fully saturated rings. The first kappa shape index (κ1) is 65.4. The summed E-state index contributed by atoms with van der Waals surface area (Å²) in [5.74, 6) is -4.94. The first-order valence-electron chi connectivity index (χ1n) is 28.0. The number of unbranched alkanes of at least 4 members (excludes halogenated alkanes) is 1. The molecule has 3 atom stereocenters. The highest BCUT2D eigenvalue weighted by Gasteiger charge is 2.38. The summed E-state index contributed by atoms with van der Waals surface area (Å²) in [6.07, 6.45) is -1.54. The van der Waals surface area contributed by atoms with Gasteiger partial charge in [-0.05, 0) is 139 Å². The minimum Gasteiger partial charge on any atom is -0.487 e. The second-order valence-corrected chi connectivity index (χ2v) is 24.3. The van der Waals surface area contributed by atoms with Crippen molar-refractivity contribution in [3.05, 3.63) is 118 Å². The van der Waals surface area contributed by atoms with E-state index in [2.05, 4.69) is 41.7 Å². The Kier molecular flexibility index (Phi) is 22.1. The Morgan fingerprint density at radius 1 is 0.776 bits per heavy atom. The van der Waals surface area contributed by atoms with Crippen LogP contribution in [0.5, 0.6) is 5.75 Å². The number of carboxylic acids is 1. The maximum atomic E-state index is 14.6. The summed E-state index contributed by atoms with van der Waals surface area (Å²) in [6.45, 7) is 14.1. The largest absolute Gasteiger partial charge is 0.487 e. The first-order valence-corrected chi connectivity index (χ1v) is 29.5. The molecular formula is C60H78N10O14S. The highest BCUT2D eigenvalue weighted by Crippen LogP contribution is 2.45. The Labute approximate surface area is 495 Å². The molecule has 0 saturated carbocycles. The molecule has 1 aliphatic heterocycles. The van der Waals surface area contributed by atoms with Crippen LogP contribution in [0, 0.1) is 20.8 Å². The summed E-state index contributed by atoms with van der Waals surface area (Å²) in [5, 5.41) is 23.1. The van der Waals surface area contributed by atoms with Gasteiger partial charge in [0.2, 0.25) is 23.7 Å². The molecule has 1 aliphatic carbocycles. The van der Waals surface area contributed by atoms with Crippen LogP contribution in [-0.2, 0) is 56.4 Å². The Morgan fingerprint density at radius 2 is 1.39 bits per heavy atom. The third-order valence-corrected chi connectivity index (χ3v) is 15.7. The maximum Gasteiger partial charge on any atom is 0.426 e.